The van der Waals surface area contributed by atoms with Gasteiger partial charge in [0.1, 0.15) is 13.2 Å². The summed E-state index contributed by atoms with van der Waals surface area (Å²) in [6, 6.07) is 0. The van der Waals surface area contributed by atoms with E-state index in [4.69, 9.17) is 14.2 Å². The Balaban J connectivity index is 4.50. The van der Waals surface area contributed by atoms with Crippen LogP contribution in [0.4, 0.5) is 0 Å². The fraction of sp³-hybridized carbons (Fsp3) is 0.696. The van der Waals surface area contributed by atoms with Gasteiger partial charge in [0.15, 0.2) is 6.10 Å². The van der Waals surface area contributed by atoms with Crippen molar-refractivity contribution in [2.45, 2.75) is 297 Å². The third kappa shape index (κ3) is 60.8. The summed E-state index contributed by atoms with van der Waals surface area (Å²) in [6.45, 7) is 6.45. The highest BCUT2D eigenvalue weighted by Gasteiger charge is 2.19. The van der Waals surface area contributed by atoms with E-state index in [0.29, 0.717) is 19.3 Å². The van der Waals surface area contributed by atoms with Crippen molar-refractivity contribution in [3.8, 4) is 0 Å². The average molecular weight is 1040 g/mol. The van der Waals surface area contributed by atoms with Crippen LogP contribution in [0.3, 0.4) is 0 Å². The number of hydrogen-bond donors (Lipinski definition) is 0. The van der Waals surface area contributed by atoms with Gasteiger partial charge < -0.3 is 14.2 Å². The molecule has 0 spiro atoms. The molecule has 0 saturated carbocycles. The first-order chi connectivity index (χ1) is 37.0. The van der Waals surface area contributed by atoms with E-state index in [0.717, 1.165) is 103 Å². The standard InChI is InChI=1S/C69H116O6/c1-4-7-10-13-16-19-22-25-28-31-34-37-40-43-46-49-52-55-58-61-67(70)73-64-66(75-69(72)63-60-57-54-51-48-45-42-39-36-33-30-27-24-21-18-15-12-9-6-3)65-74-68(71)62-59-56-53-50-47-44-41-38-35-32-29-26-23-20-17-14-11-8-5-2/h7,10,16,18-19,21,25,27-28,30,34,36-37,39,43,46,52,55,66H,4-6,8-9,11-15,17,20,22-24,26,29,31-33,35,38,40-42,44-45,47-51,53-54,56-65H2,1-3H3/b10-7-,19-16-,21-18-,28-25-,30-27-,37-34-,39-36-,46-43-,55-52-/t66-/m0/s1. The first-order valence-electron chi connectivity index (χ1n) is 31.4. The van der Waals surface area contributed by atoms with Crippen molar-refractivity contribution in [3.63, 3.8) is 0 Å². The van der Waals surface area contributed by atoms with E-state index in [9.17, 15) is 14.4 Å². The van der Waals surface area contributed by atoms with Crippen LogP contribution in [0, 0.1) is 0 Å². The Hall–Kier alpha value is -3.93. The molecule has 0 N–H and O–H groups in total. The van der Waals surface area contributed by atoms with Crippen molar-refractivity contribution in [1.82, 2.24) is 0 Å². The van der Waals surface area contributed by atoms with E-state index in [1.807, 2.05) is 6.08 Å². The molecule has 0 amide bonds. The van der Waals surface area contributed by atoms with Gasteiger partial charge in [0, 0.05) is 19.3 Å². The Labute approximate surface area is 463 Å². The van der Waals surface area contributed by atoms with Gasteiger partial charge in [-0.2, -0.15) is 0 Å². The summed E-state index contributed by atoms with van der Waals surface area (Å²) in [7, 11) is 0. The zero-order valence-electron chi connectivity index (χ0n) is 49.0. The minimum absolute atomic E-state index is 0.106. The second-order valence-corrected chi connectivity index (χ2v) is 20.6. The van der Waals surface area contributed by atoms with E-state index < -0.39 is 6.10 Å². The van der Waals surface area contributed by atoms with Crippen LogP contribution >= 0.6 is 0 Å². The molecule has 0 aromatic rings. The van der Waals surface area contributed by atoms with E-state index in [2.05, 4.69) is 124 Å². The summed E-state index contributed by atoms with van der Waals surface area (Å²) in [5.74, 6) is -0.998. The highest BCUT2D eigenvalue weighted by atomic mass is 16.6. The molecule has 0 rings (SSSR count). The van der Waals surface area contributed by atoms with E-state index >= 15 is 0 Å². The summed E-state index contributed by atoms with van der Waals surface area (Å²) >= 11 is 0. The van der Waals surface area contributed by atoms with E-state index in [1.54, 1.807) is 0 Å². The third-order valence-electron chi connectivity index (χ3n) is 13.3. The third-order valence-corrected chi connectivity index (χ3v) is 13.3. The Morgan fingerprint density at radius 2 is 0.547 bits per heavy atom. The summed E-state index contributed by atoms with van der Waals surface area (Å²) in [6.07, 6.45) is 85.3. The molecule has 0 bridgehead atoms. The maximum atomic E-state index is 12.9. The predicted molar refractivity (Wildman–Crippen MR) is 325 cm³/mol. The normalized spacial score (nSPS) is 12.8. The van der Waals surface area contributed by atoms with E-state index in [1.165, 1.54) is 141 Å². The highest BCUT2D eigenvalue weighted by Crippen LogP contribution is 2.16. The predicted octanol–water partition coefficient (Wildman–Crippen LogP) is 21.4. The fourth-order valence-corrected chi connectivity index (χ4v) is 8.59. The van der Waals surface area contributed by atoms with Crippen LogP contribution in [0.15, 0.2) is 109 Å². The maximum Gasteiger partial charge on any atom is 0.306 e. The molecule has 428 valence electrons. The van der Waals surface area contributed by atoms with Crippen LogP contribution in [-0.2, 0) is 28.6 Å². The fourth-order valence-electron chi connectivity index (χ4n) is 8.59. The summed E-state index contributed by atoms with van der Waals surface area (Å²) in [5.41, 5.74) is 0. The highest BCUT2D eigenvalue weighted by molar-refractivity contribution is 5.71. The summed E-state index contributed by atoms with van der Waals surface area (Å²) in [5, 5.41) is 0. The molecular formula is C69H116O6. The SMILES string of the molecule is CC/C=C\C/C=C\C/C=C\C/C=C\C/C=C\C/C=C\CCC(=O)OC[C@@H](COC(=O)CCCCCCCCCCCCCCCCCCCCC)OC(=O)CCCCCCCC/C=C\C/C=C\C/C=C\CCCCC. The molecule has 0 aliphatic rings. The monoisotopic (exact) mass is 1040 g/mol. The smallest absolute Gasteiger partial charge is 0.306 e. The van der Waals surface area contributed by atoms with Gasteiger partial charge in [-0.25, -0.2) is 0 Å². The zero-order chi connectivity index (χ0) is 54.3. The van der Waals surface area contributed by atoms with Crippen LogP contribution < -0.4 is 0 Å². The molecule has 0 aromatic heterocycles. The second kappa shape index (κ2) is 62.6. The lowest BCUT2D eigenvalue weighted by Crippen LogP contribution is -2.30. The Morgan fingerprint density at radius 3 is 0.920 bits per heavy atom. The Morgan fingerprint density at radius 1 is 0.280 bits per heavy atom. The maximum absolute atomic E-state index is 12.9. The second-order valence-electron chi connectivity index (χ2n) is 20.6. The molecule has 0 fully saturated rings. The number of hydrogen-bond acceptors (Lipinski definition) is 6. The van der Waals surface area contributed by atoms with Gasteiger partial charge in [0.05, 0.1) is 0 Å². The summed E-state index contributed by atoms with van der Waals surface area (Å²) < 4.78 is 16.8. The molecule has 6 nitrogen and oxygen atoms in total. The molecule has 0 radical (unpaired) electrons. The molecule has 0 heterocycles. The van der Waals surface area contributed by atoms with Gasteiger partial charge in [-0.05, 0) is 96.3 Å². The average Bonchev–Trinajstić information content (AvgIpc) is 3.41. The van der Waals surface area contributed by atoms with Gasteiger partial charge in [0.25, 0.3) is 0 Å². The van der Waals surface area contributed by atoms with Crippen molar-refractivity contribution in [2.75, 3.05) is 13.2 Å². The van der Waals surface area contributed by atoms with Crippen molar-refractivity contribution in [2.24, 2.45) is 0 Å². The quantitative estimate of drug-likeness (QED) is 0.0261. The number of carbonyl (C=O) groups excluding carboxylic acids is 3. The molecule has 0 saturated heterocycles. The molecule has 0 aliphatic heterocycles. The van der Waals surface area contributed by atoms with Crippen molar-refractivity contribution in [3.05, 3.63) is 109 Å². The number of carbonyl (C=O) groups is 3. The lowest BCUT2D eigenvalue weighted by Gasteiger charge is -2.18. The van der Waals surface area contributed by atoms with Gasteiger partial charge in [-0.3, -0.25) is 14.4 Å². The first kappa shape index (κ1) is 71.1. The molecule has 1 atom stereocenters. The minimum atomic E-state index is -0.818. The van der Waals surface area contributed by atoms with Crippen LogP contribution in [-0.4, -0.2) is 37.2 Å². The summed E-state index contributed by atoms with van der Waals surface area (Å²) in [4.78, 5) is 38.3. The van der Waals surface area contributed by atoms with Gasteiger partial charge in [0.2, 0.25) is 0 Å². The zero-order valence-corrected chi connectivity index (χ0v) is 49.0. The lowest BCUT2D eigenvalue weighted by atomic mass is 10.0. The molecule has 6 heteroatoms. The topological polar surface area (TPSA) is 78.9 Å². The number of esters is 3. The van der Waals surface area contributed by atoms with Crippen LogP contribution in [0.5, 0.6) is 0 Å². The molecule has 0 aromatic carbocycles. The number of rotatable bonds is 56. The van der Waals surface area contributed by atoms with Crippen molar-refractivity contribution < 1.29 is 28.6 Å². The number of unbranched alkanes of at least 4 members (excludes halogenated alkanes) is 27. The Kier molecular flexibility index (Phi) is 59.3. The van der Waals surface area contributed by atoms with Crippen LogP contribution in [0.25, 0.3) is 0 Å². The number of allylic oxidation sites excluding steroid dienone is 18. The largest absolute Gasteiger partial charge is 0.462 e. The first-order valence-corrected chi connectivity index (χ1v) is 31.4. The van der Waals surface area contributed by atoms with Gasteiger partial charge in [-0.1, -0.05) is 284 Å². The molecule has 75 heavy (non-hydrogen) atoms. The van der Waals surface area contributed by atoms with Crippen molar-refractivity contribution in [1.29, 1.82) is 0 Å². The van der Waals surface area contributed by atoms with Crippen LogP contribution in [0.1, 0.15) is 290 Å². The van der Waals surface area contributed by atoms with Gasteiger partial charge >= 0.3 is 17.9 Å². The van der Waals surface area contributed by atoms with Gasteiger partial charge in [-0.15, -0.1) is 0 Å². The molecule has 0 unspecified atom stereocenters. The molecular weight excluding hydrogens is 925 g/mol. The molecule has 0 aliphatic carbocycles. The van der Waals surface area contributed by atoms with E-state index in [-0.39, 0.29) is 37.5 Å². The minimum Gasteiger partial charge on any atom is -0.462 e. The van der Waals surface area contributed by atoms with Crippen LogP contribution in [0.2, 0.25) is 0 Å². The number of ether oxygens (including phenoxy) is 3. The lowest BCUT2D eigenvalue weighted by molar-refractivity contribution is -0.166. The Bertz CT molecular complexity index is 1520. The van der Waals surface area contributed by atoms with Crippen molar-refractivity contribution >= 4 is 17.9 Å².